The van der Waals surface area contributed by atoms with Crippen molar-refractivity contribution >= 4 is 17.8 Å². The number of hydrogen-bond donors (Lipinski definition) is 2. The predicted octanol–water partition coefficient (Wildman–Crippen LogP) is -0.602. The second-order valence-electron chi connectivity index (χ2n) is 4.24. The molecule has 0 saturated carbocycles. The first-order valence-corrected chi connectivity index (χ1v) is 5.73. The highest BCUT2D eigenvalue weighted by molar-refractivity contribution is 5.97. The van der Waals surface area contributed by atoms with Gasteiger partial charge in [-0.2, -0.15) is 0 Å². The molecule has 1 fully saturated rings. The maximum atomic E-state index is 12.2. The van der Waals surface area contributed by atoms with Gasteiger partial charge in [0.25, 0.3) is 5.91 Å². The molecule has 0 spiro atoms. The summed E-state index contributed by atoms with van der Waals surface area (Å²) in [7, 11) is 0. The standard InChI is InChI=1S/C11H13N3O5/c1-6-4-8(19-13-6)11(18)14-3-2-12-10(17)7(14)5-9(15)16/h4,7H,2-3,5H2,1H3,(H,12,17)(H,15,16). The molecule has 0 radical (unpaired) electrons. The number of aryl methyl sites for hydroxylation is 1. The van der Waals surface area contributed by atoms with Gasteiger partial charge >= 0.3 is 5.97 Å². The van der Waals surface area contributed by atoms with Gasteiger partial charge in [-0.25, -0.2) is 0 Å². The van der Waals surface area contributed by atoms with Crippen molar-refractivity contribution in [1.82, 2.24) is 15.4 Å². The number of amides is 2. The van der Waals surface area contributed by atoms with E-state index in [9.17, 15) is 14.4 Å². The molecule has 8 nitrogen and oxygen atoms in total. The van der Waals surface area contributed by atoms with Gasteiger partial charge in [0.1, 0.15) is 6.04 Å². The van der Waals surface area contributed by atoms with Gasteiger partial charge in [0, 0.05) is 19.2 Å². The highest BCUT2D eigenvalue weighted by Crippen LogP contribution is 2.14. The van der Waals surface area contributed by atoms with Crippen LogP contribution < -0.4 is 5.32 Å². The minimum atomic E-state index is -1.14. The van der Waals surface area contributed by atoms with Crippen LogP contribution in [0.1, 0.15) is 22.7 Å². The minimum Gasteiger partial charge on any atom is -0.481 e. The zero-order valence-electron chi connectivity index (χ0n) is 10.3. The molecule has 1 aliphatic rings. The van der Waals surface area contributed by atoms with Crippen LogP contribution in [0.2, 0.25) is 0 Å². The lowest BCUT2D eigenvalue weighted by Gasteiger charge is -2.33. The molecule has 102 valence electrons. The monoisotopic (exact) mass is 267 g/mol. The molecule has 2 amide bonds. The van der Waals surface area contributed by atoms with Crippen molar-refractivity contribution in [2.24, 2.45) is 0 Å². The largest absolute Gasteiger partial charge is 0.481 e. The van der Waals surface area contributed by atoms with Crippen molar-refractivity contribution in [3.05, 3.63) is 17.5 Å². The van der Waals surface area contributed by atoms with E-state index in [0.29, 0.717) is 5.69 Å². The summed E-state index contributed by atoms with van der Waals surface area (Å²) in [6, 6.07) is 0.427. The minimum absolute atomic E-state index is 0.00240. The van der Waals surface area contributed by atoms with Crippen LogP contribution in [0.3, 0.4) is 0 Å². The van der Waals surface area contributed by atoms with Crippen molar-refractivity contribution in [3.63, 3.8) is 0 Å². The number of nitrogens with zero attached hydrogens (tertiary/aromatic N) is 2. The molecule has 1 atom stereocenters. The van der Waals surface area contributed by atoms with Gasteiger partial charge in [-0.05, 0) is 6.92 Å². The number of hydrogen-bond acceptors (Lipinski definition) is 5. The predicted molar refractivity (Wildman–Crippen MR) is 61.3 cm³/mol. The van der Waals surface area contributed by atoms with Gasteiger partial charge in [-0.3, -0.25) is 14.4 Å². The summed E-state index contributed by atoms with van der Waals surface area (Å²) in [6.45, 7) is 2.19. The maximum Gasteiger partial charge on any atom is 0.305 e. The fourth-order valence-corrected chi connectivity index (χ4v) is 1.93. The Morgan fingerprint density at radius 1 is 1.63 bits per heavy atom. The van der Waals surface area contributed by atoms with Crippen molar-refractivity contribution in [1.29, 1.82) is 0 Å². The van der Waals surface area contributed by atoms with Crippen molar-refractivity contribution in [3.8, 4) is 0 Å². The molecule has 2 N–H and O–H groups in total. The first-order valence-electron chi connectivity index (χ1n) is 5.73. The second-order valence-corrected chi connectivity index (χ2v) is 4.24. The Bertz CT molecular complexity index is 524. The number of carboxylic acid groups (broad SMARTS) is 1. The lowest BCUT2D eigenvalue weighted by molar-refractivity contribution is -0.142. The third-order valence-corrected chi connectivity index (χ3v) is 2.80. The molecule has 2 rings (SSSR count). The summed E-state index contributed by atoms with van der Waals surface area (Å²) in [5.74, 6) is -2.14. The Balaban J connectivity index is 2.22. The second kappa shape index (κ2) is 5.09. The molecule has 0 aromatic carbocycles. The number of nitrogens with one attached hydrogen (secondary N) is 1. The Morgan fingerprint density at radius 2 is 2.37 bits per heavy atom. The smallest absolute Gasteiger partial charge is 0.305 e. The van der Waals surface area contributed by atoms with Crippen LogP contribution in [0.5, 0.6) is 0 Å². The highest BCUT2D eigenvalue weighted by atomic mass is 16.5. The number of piperazine rings is 1. The fourth-order valence-electron chi connectivity index (χ4n) is 1.93. The molecular formula is C11H13N3O5. The number of carbonyl (C=O) groups excluding carboxylic acids is 2. The molecule has 1 unspecified atom stereocenters. The lowest BCUT2D eigenvalue weighted by Crippen LogP contribution is -2.57. The molecule has 1 aromatic rings. The Labute approximate surface area is 108 Å². The average molecular weight is 267 g/mol. The molecule has 2 heterocycles. The van der Waals surface area contributed by atoms with E-state index in [1.54, 1.807) is 6.92 Å². The van der Waals surface area contributed by atoms with Crippen LogP contribution in [0.15, 0.2) is 10.6 Å². The van der Waals surface area contributed by atoms with E-state index in [-0.39, 0.29) is 18.8 Å². The Hall–Kier alpha value is -2.38. The molecule has 0 bridgehead atoms. The SMILES string of the molecule is Cc1cc(C(=O)N2CCNC(=O)C2CC(=O)O)on1. The lowest BCUT2D eigenvalue weighted by atomic mass is 10.1. The summed E-state index contributed by atoms with van der Waals surface area (Å²) in [4.78, 5) is 35.8. The summed E-state index contributed by atoms with van der Waals surface area (Å²) in [5, 5.41) is 14.9. The van der Waals surface area contributed by atoms with Gasteiger partial charge in [0.15, 0.2) is 0 Å². The van der Waals surface area contributed by atoms with Crippen LogP contribution in [0.25, 0.3) is 0 Å². The van der Waals surface area contributed by atoms with Crippen LogP contribution in [0.4, 0.5) is 0 Å². The van der Waals surface area contributed by atoms with Crippen molar-refractivity contribution in [2.45, 2.75) is 19.4 Å². The zero-order chi connectivity index (χ0) is 14.0. The highest BCUT2D eigenvalue weighted by Gasteiger charge is 2.36. The molecule has 0 aliphatic carbocycles. The molecule has 19 heavy (non-hydrogen) atoms. The van der Waals surface area contributed by atoms with Crippen LogP contribution in [0, 0.1) is 6.92 Å². The van der Waals surface area contributed by atoms with Gasteiger partial charge in [-0.1, -0.05) is 5.16 Å². The van der Waals surface area contributed by atoms with E-state index in [4.69, 9.17) is 9.63 Å². The first kappa shape index (κ1) is 13.1. The van der Waals surface area contributed by atoms with E-state index >= 15 is 0 Å². The quantitative estimate of drug-likeness (QED) is 0.756. The Morgan fingerprint density at radius 3 is 2.95 bits per heavy atom. The van der Waals surface area contributed by atoms with Gasteiger partial charge in [-0.15, -0.1) is 0 Å². The van der Waals surface area contributed by atoms with Crippen molar-refractivity contribution in [2.75, 3.05) is 13.1 Å². The normalized spacial score (nSPS) is 19.1. The zero-order valence-corrected chi connectivity index (χ0v) is 10.3. The molecule has 1 aliphatic heterocycles. The summed E-state index contributed by atoms with van der Waals surface area (Å²) in [6.07, 6.45) is -0.440. The summed E-state index contributed by atoms with van der Waals surface area (Å²) < 4.78 is 4.85. The Kier molecular flexibility index (Phi) is 3.50. The first-order chi connectivity index (χ1) is 8.99. The van der Waals surface area contributed by atoms with E-state index in [1.165, 1.54) is 11.0 Å². The molecule has 8 heteroatoms. The molecule has 1 aromatic heterocycles. The number of aliphatic carboxylic acids is 1. The van der Waals surface area contributed by atoms with Crippen LogP contribution in [-0.2, 0) is 9.59 Å². The number of carboxylic acids is 1. The number of rotatable bonds is 3. The van der Waals surface area contributed by atoms with E-state index < -0.39 is 30.2 Å². The van der Waals surface area contributed by atoms with Gasteiger partial charge < -0.3 is 19.8 Å². The third kappa shape index (κ3) is 2.72. The van der Waals surface area contributed by atoms with E-state index in [2.05, 4.69) is 10.5 Å². The molecular weight excluding hydrogens is 254 g/mol. The van der Waals surface area contributed by atoms with E-state index in [1.807, 2.05) is 0 Å². The number of aromatic nitrogens is 1. The maximum absolute atomic E-state index is 12.2. The average Bonchev–Trinajstić information content (AvgIpc) is 2.77. The fraction of sp³-hybridized carbons (Fsp3) is 0.455. The topological polar surface area (TPSA) is 113 Å². The summed E-state index contributed by atoms with van der Waals surface area (Å²) in [5.41, 5.74) is 0.541. The summed E-state index contributed by atoms with van der Waals surface area (Å²) >= 11 is 0. The van der Waals surface area contributed by atoms with Gasteiger partial charge in [0.05, 0.1) is 12.1 Å². The van der Waals surface area contributed by atoms with Crippen LogP contribution in [-0.4, -0.2) is 52.1 Å². The van der Waals surface area contributed by atoms with Crippen LogP contribution >= 0.6 is 0 Å². The number of carbonyl (C=O) groups is 3. The van der Waals surface area contributed by atoms with E-state index in [0.717, 1.165) is 0 Å². The molecule has 1 saturated heterocycles. The third-order valence-electron chi connectivity index (χ3n) is 2.80. The van der Waals surface area contributed by atoms with Gasteiger partial charge in [0.2, 0.25) is 11.7 Å². The van der Waals surface area contributed by atoms with Crippen molar-refractivity contribution < 1.29 is 24.0 Å².